The molecular formula is C10H18N2O3. The molecule has 5 nitrogen and oxygen atoms in total. The number of nitrogens with two attached hydrogens (primary N) is 1. The first-order chi connectivity index (χ1) is 7.16. The fraction of sp³-hybridized carbons (Fsp3) is 0.600. The molecular weight excluding hydrogens is 196 g/mol. The van der Waals surface area contributed by atoms with Gasteiger partial charge in [0.15, 0.2) is 0 Å². The average molecular weight is 214 g/mol. The Kier molecular flexibility index (Phi) is 8.37. The summed E-state index contributed by atoms with van der Waals surface area (Å²) in [4.78, 5) is 21.2. The van der Waals surface area contributed by atoms with Gasteiger partial charge in [-0.15, -0.1) is 0 Å². The highest BCUT2D eigenvalue weighted by Crippen LogP contribution is 1.84. The number of nitrogens with one attached hydrogen (secondary N) is 1. The molecule has 0 aromatic heterocycles. The summed E-state index contributed by atoms with van der Waals surface area (Å²) in [5, 5.41) is 3.04. The molecule has 0 fully saturated rings. The Morgan fingerprint density at radius 1 is 1.47 bits per heavy atom. The Morgan fingerprint density at radius 2 is 2.20 bits per heavy atom. The predicted octanol–water partition coefficient (Wildman–Crippen LogP) is -0.0392. The van der Waals surface area contributed by atoms with E-state index in [0.717, 1.165) is 0 Å². The van der Waals surface area contributed by atoms with E-state index in [4.69, 9.17) is 5.73 Å². The standard InChI is InChI=1S/C10H18N2O3/c1-2-15-10(14)6-4-8-12-7-3-5-9(11)13/h4,6,12H,2-3,5,7-8H2,1H3,(H2,11,13)/b6-4+. The van der Waals surface area contributed by atoms with Gasteiger partial charge in [0, 0.05) is 19.0 Å². The molecule has 0 saturated heterocycles. The third kappa shape index (κ3) is 10.6. The van der Waals surface area contributed by atoms with Gasteiger partial charge in [-0.25, -0.2) is 4.79 Å². The second kappa shape index (κ2) is 9.21. The summed E-state index contributed by atoms with van der Waals surface area (Å²) in [6.45, 7) is 3.43. The molecule has 1 amide bonds. The van der Waals surface area contributed by atoms with Gasteiger partial charge >= 0.3 is 5.97 Å². The minimum Gasteiger partial charge on any atom is -0.463 e. The summed E-state index contributed by atoms with van der Waals surface area (Å²) >= 11 is 0. The van der Waals surface area contributed by atoms with Crippen LogP contribution in [0.3, 0.4) is 0 Å². The minimum atomic E-state index is -0.337. The van der Waals surface area contributed by atoms with Crippen LogP contribution < -0.4 is 11.1 Å². The first kappa shape index (κ1) is 13.6. The van der Waals surface area contributed by atoms with E-state index in [0.29, 0.717) is 32.5 Å². The van der Waals surface area contributed by atoms with Gasteiger partial charge < -0.3 is 15.8 Å². The quantitative estimate of drug-likeness (QED) is 0.337. The van der Waals surface area contributed by atoms with Crippen LogP contribution in [0.2, 0.25) is 0 Å². The molecule has 0 rings (SSSR count). The zero-order valence-corrected chi connectivity index (χ0v) is 8.99. The Hall–Kier alpha value is -1.36. The number of carbonyl (C=O) groups excluding carboxylic acids is 2. The number of hydrogen-bond donors (Lipinski definition) is 2. The van der Waals surface area contributed by atoms with Crippen molar-refractivity contribution in [3.63, 3.8) is 0 Å². The number of rotatable bonds is 8. The van der Waals surface area contributed by atoms with E-state index >= 15 is 0 Å². The van der Waals surface area contributed by atoms with E-state index in [1.165, 1.54) is 6.08 Å². The maximum absolute atomic E-state index is 10.8. The van der Waals surface area contributed by atoms with Gasteiger partial charge in [-0.1, -0.05) is 6.08 Å². The monoisotopic (exact) mass is 214 g/mol. The molecule has 0 aliphatic rings. The molecule has 0 radical (unpaired) electrons. The van der Waals surface area contributed by atoms with Crippen molar-refractivity contribution in [3.05, 3.63) is 12.2 Å². The van der Waals surface area contributed by atoms with Gasteiger partial charge in [-0.05, 0) is 19.9 Å². The topological polar surface area (TPSA) is 81.4 Å². The van der Waals surface area contributed by atoms with E-state index in [2.05, 4.69) is 10.1 Å². The van der Waals surface area contributed by atoms with Gasteiger partial charge in [0.05, 0.1) is 6.61 Å². The van der Waals surface area contributed by atoms with Crippen molar-refractivity contribution < 1.29 is 14.3 Å². The van der Waals surface area contributed by atoms with Crippen LogP contribution in [0.4, 0.5) is 0 Å². The van der Waals surface area contributed by atoms with Crippen molar-refractivity contribution in [2.75, 3.05) is 19.7 Å². The zero-order valence-electron chi connectivity index (χ0n) is 8.99. The Morgan fingerprint density at radius 3 is 2.80 bits per heavy atom. The lowest BCUT2D eigenvalue weighted by Crippen LogP contribution is -2.18. The highest BCUT2D eigenvalue weighted by atomic mass is 16.5. The van der Waals surface area contributed by atoms with Crippen LogP contribution >= 0.6 is 0 Å². The van der Waals surface area contributed by atoms with Gasteiger partial charge in [0.1, 0.15) is 0 Å². The van der Waals surface area contributed by atoms with Crippen molar-refractivity contribution in [3.8, 4) is 0 Å². The smallest absolute Gasteiger partial charge is 0.330 e. The summed E-state index contributed by atoms with van der Waals surface area (Å²) in [5.74, 6) is -0.629. The molecule has 5 heteroatoms. The van der Waals surface area contributed by atoms with E-state index in [1.807, 2.05) is 0 Å². The highest BCUT2D eigenvalue weighted by Gasteiger charge is 1.93. The molecule has 0 heterocycles. The van der Waals surface area contributed by atoms with E-state index in [1.54, 1.807) is 13.0 Å². The van der Waals surface area contributed by atoms with Crippen LogP contribution in [0, 0.1) is 0 Å². The predicted molar refractivity (Wildman–Crippen MR) is 57.1 cm³/mol. The third-order valence-corrected chi connectivity index (χ3v) is 1.58. The maximum atomic E-state index is 10.8. The van der Waals surface area contributed by atoms with Crippen molar-refractivity contribution in [2.24, 2.45) is 5.73 Å². The summed E-state index contributed by atoms with van der Waals surface area (Å²) < 4.78 is 4.69. The first-order valence-corrected chi connectivity index (χ1v) is 4.99. The number of carbonyl (C=O) groups is 2. The molecule has 15 heavy (non-hydrogen) atoms. The molecule has 0 spiro atoms. The first-order valence-electron chi connectivity index (χ1n) is 4.99. The lowest BCUT2D eigenvalue weighted by atomic mass is 10.3. The largest absolute Gasteiger partial charge is 0.463 e. The Balaban J connectivity index is 3.30. The van der Waals surface area contributed by atoms with Crippen LogP contribution in [0.25, 0.3) is 0 Å². The Labute approximate surface area is 89.7 Å². The van der Waals surface area contributed by atoms with Crippen LogP contribution in [0.5, 0.6) is 0 Å². The molecule has 0 bridgehead atoms. The molecule has 0 atom stereocenters. The number of ether oxygens (including phenoxy) is 1. The van der Waals surface area contributed by atoms with E-state index in [9.17, 15) is 9.59 Å². The summed E-state index contributed by atoms with van der Waals surface area (Å²) in [6, 6.07) is 0. The van der Waals surface area contributed by atoms with Gasteiger partial charge in [0.25, 0.3) is 0 Å². The lowest BCUT2D eigenvalue weighted by molar-refractivity contribution is -0.137. The van der Waals surface area contributed by atoms with Crippen LogP contribution in [-0.4, -0.2) is 31.6 Å². The fourth-order valence-electron chi connectivity index (χ4n) is 0.919. The number of primary amides is 1. The fourth-order valence-corrected chi connectivity index (χ4v) is 0.919. The summed E-state index contributed by atoms with van der Waals surface area (Å²) in [7, 11) is 0. The number of esters is 1. The minimum absolute atomic E-state index is 0.293. The van der Waals surface area contributed by atoms with Crippen LogP contribution in [-0.2, 0) is 14.3 Å². The van der Waals surface area contributed by atoms with E-state index < -0.39 is 0 Å². The average Bonchev–Trinajstić information content (AvgIpc) is 2.16. The maximum Gasteiger partial charge on any atom is 0.330 e. The third-order valence-electron chi connectivity index (χ3n) is 1.58. The van der Waals surface area contributed by atoms with Gasteiger partial charge in [-0.3, -0.25) is 4.79 Å². The molecule has 0 aromatic carbocycles. The number of amides is 1. The summed E-state index contributed by atoms with van der Waals surface area (Å²) in [6.07, 6.45) is 4.16. The number of hydrogen-bond acceptors (Lipinski definition) is 4. The normalized spacial score (nSPS) is 10.5. The zero-order chi connectivity index (χ0) is 11.5. The van der Waals surface area contributed by atoms with Crippen molar-refractivity contribution in [1.82, 2.24) is 5.32 Å². The van der Waals surface area contributed by atoms with Gasteiger partial charge in [0.2, 0.25) is 5.91 Å². The van der Waals surface area contributed by atoms with E-state index in [-0.39, 0.29) is 11.9 Å². The van der Waals surface area contributed by atoms with Gasteiger partial charge in [-0.2, -0.15) is 0 Å². The Bertz CT molecular complexity index is 227. The molecule has 0 aliphatic heterocycles. The van der Waals surface area contributed by atoms with Crippen LogP contribution in [0.15, 0.2) is 12.2 Å². The van der Waals surface area contributed by atoms with Crippen molar-refractivity contribution in [1.29, 1.82) is 0 Å². The lowest BCUT2D eigenvalue weighted by Gasteiger charge is -1.99. The SMILES string of the molecule is CCOC(=O)/C=C/CNCCCC(N)=O. The van der Waals surface area contributed by atoms with Crippen molar-refractivity contribution >= 4 is 11.9 Å². The van der Waals surface area contributed by atoms with Crippen LogP contribution in [0.1, 0.15) is 19.8 Å². The molecule has 0 aliphatic carbocycles. The molecule has 0 unspecified atom stereocenters. The molecule has 0 aromatic rings. The second-order valence-corrected chi connectivity index (χ2v) is 2.93. The summed E-state index contributed by atoms with van der Waals surface area (Å²) in [5.41, 5.74) is 4.96. The van der Waals surface area contributed by atoms with Crippen molar-refractivity contribution in [2.45, 2.75) is 19.8 Å². The molecule has 86 valence electrons. The second-order valence-electron chi connectivity index (χ2n) is 2.93. The highest BCUT2D eigenvalue weighted by molar-refractivity contribution is 5.81. The molecule has 0 saturated carbocycles. The molecule has 3 N–H and O–H groups in total.